The summed E-state index contributed by atoms with van der Waals surface area (Å²) in [6.45, 7) is 0.838. The van der Waals surface area contributed by atoms with Crippen LogP contribution in [0, 0.1) is 11.8 Å². The zero-order valence-electron chi connectivity index (χ0n) is 8.98. The minimum atomic E-state index is -0.363. The summed E-state index contributed by atoms with van der Waals surface area (Å²) in [5, 5.41) is 0. The highest BCUT2D eigenvalue weighted by molar-refractivity contribution is 6.27. The third-order valence-corrected chi connectivity index (χ3v) is 3.60. The first-order valence-corrected chi connectivity index (χ1v) is 5.75. The second-order valence-electron chi connectivity index (χ2n) is 4.21. The van der Waals surface area contributed by atoms with E-state index in [0.717, 1.165) is 0 Å². The Labute approximate surface area is 98.3 Å². The zero-order valence-corrected chi connectivity index (χ0v) is 9.74. The van der Waals surface area contributed by atoms with E-state index in [9.17, 15) is 14.4 Å². The third kappa shape index (κ3) is 1.59. The molecule has 3 amide bonds. The highest BCUT2D eigenvalue weighted by atomic mass is 35.5. The number of likely N-dealkylation sites (tertiary alicyclic amines) is 2. The summed E-state index contributed by atoms with van der Waals surface area (Å²) >= 11 is 5.47. The number of hydrogen-bond acceptors (Lipinski definition) is 3. The fraction of sp³-hybridized carbons (Fsp3) is 0.700. The fourth-order valence-corrected chi connectivity index (χ4v) is 2.58. The predicted octanol–water partition coefficient (Wildman–Crippen LogP) is -0.312. The van der Waals surface area contributed by atoms with Crippen LogP contribution < -0.4 is 0 Å². The molecule has 0 aliphatic carbocycles. The van der Waals surface area contributed by atoms with Crippen LogP contribution in [0.3, 0.4) is 0 Å². The number of halogens is 1. The van der Waals surface area contributed by atoms with Gasteiger partial charge < -0.3 is 4.90 Å². The molecule has 0 aromatic rings. The first kappa shape index (κ1) is 11.4. The fourth-order valence-electron chi connectivity index (χ4n) is 2.41. The standard InChI is InChI=1S/C10H13ClN2O3/c1-12-9(15)6-2-3-13(8(14)4-11)5-7(6)10(12)16/h6-7H,2-5H2,1H3/t6-,7+/m1/s1. The lowest BCUT2D eigenvalue weighted by atomic mass is 9.88. The van der Waals surface area contributed by atoms with Crippen molar-refractivity contribution in [2.24, 2.45) is 11.8 Å². The van der Waals surface area contributed by atoms with Crippen LogP contribution in [0.2, 0.25) is 0 Å². The van der Waals surface area contributed by atoms with Gasteiger partial charge in [-0.2, -0.15) is 0 Å². The molecule has 0 bridgehead atoms. The number of imide groups is 1. The van der Waals surface area contributed by atoms with E-state index in [0.29, 0.717) is 19.5 Å². The molecule has 2 aliphatic heterocycles. The van der Waals surface area contributed by atoms with Crippen LogP contribution in [0.4, 0.5) is 0 Å². The Balaban J connectivity index is 2.13. The maximum atomic E-state index is 11.7. The van der Waals surface area contributed by atoms with Gasteiger partial charge in [-0.25, -0.2) is 0 Å². The SMILES string of the molecule is CN1C(=O)[C@H]2CN(C(=O)CCl)CC[C@H]2C1=O. The molecule has 2 fully saturated rings. The third-order valence-electron chi connectivity index (χ3n) is 3.38. The highest BCUT2D eigenvalue weighted by Gasteiger charge is 2.48. The minimum absolute atomic E-state index is 0.0740. The smallest absolute Gasteiger partial charge is 0.237 e. The summed E-state index contributed by atoms with van der Waals surface area (Å²) in [5.41, 5.74) is 0. The summed E-state index contributed by atoms with van der Waals surface area (Å²) in [7, 11) is 1.50. The lowest BCUT2D eigenvalue weighted by Gasteiger charge is -2.31. The van der Waals surface area contributed by atoms with Crippen molar-refractivity contribution in [3.8, 4) is 0 Å². The largest absolute Gasteiger partial charge is 0.341 e. The highest BCUT2D eigenvalue weighted by Crippen LogP contribution is 2.32. The Kier molecular flexibility index (Phi) is 2.88. The quantitative estimate of drug-likeness (QED) is 0.470. The van der Waals surface area contributed by atoms with Crippen molar-refractivity contribution < 1.29 is 14.4 Å². The van der Waals surface area contributed by atoms with Crippen molar-refractivity contribution in [1.29, 1.82) is 0 Å². The zero-order chi connectivity index (χ0) is 11.9. The molecule has 2 saturated heterocycles. The van der Waals surface area contributed by atoms with Crippen molar-refractivity contribution in [2.45, 2.75) is 6.42 Å². The number of amides is 3. The Morgan fingerprint density at radius 1 is 1.38 bits per heavy atom. The number of carbonyl (C=O) groups excluding carboxylic acids is 3. The van der Waals surface area contributed by atoms with Gasteiger partial charge in [0.15, 0.2) is 0 Å². The first-order chi connectivity index (χ1) is 7.56. The van der Waals surface area contributed by atoms with Crippen LogP contribution in [-0.4, -0.2) is 53.5 Å². The maximum absolute atomic E-state index is 11.7. The average molecular weight is 245 g/mol. The van der Waals surface area contributed by atoms with E-state index in [-0.39, 0.29) is 35.4 Å². The Hall–Kier alpha value is -1.10. The van der Waals surface area contributed by atoms with Crippen LogP contribution in [0.25, 0.3) is 0 Å². The number of rotatable bonds is 1. The minimum Gasteiger partial charge on any atom is -0.341 e. The second-order valence-corrected chi connectivity index (χ2v) is 4.48. The molecule has 2 heterocycles. The number of nitrogens with zero attached hydrogens (tertiary/aromatic N) is 2. The molecule has 88 valence electrons. The van der Waals surface area contributed by atoms with E-state index in [2.05, 4.69) is 0 Å². The van der Waals surface area contributed by atoms with Crippen molar-refractivity contribution >= 4 is 29.3 Å². The molecule has 2 atom stereocenters. The lowest BCUT2D eigenvalue weighted by Crippen LogP contribution is -2.45. The van der Waals surface area contributed by atoms with Crippen LogP contribution in [-0.2, 0) is 14.4 Å². The van der Waals surface area contributed by atoms with E-state index >= 15 is 0 Å². The van der Waals surface area contributed by atoms with Gasteiger partial charge in [-0.05, 0) is 6.42 Å². The molecule has 0 unspecified atom stereocenters. The van der Waals surface area contributed by atoms with E-state index in [1.165, 1.54) is 11.9 Å². The summed E-state index contributed by atoms with van der Waals surface area (Å²) in [6.07, 6.45) is 0.558. The topological polar surface area (TPSA) is 57.7 Å². The predicted molar refractivity (Wildman–Crippen MR) is 56.7 cm³/mol. The molecular weight excluding hydrogens is 232 g/mol. The molecule has 0 saturated carbocycles. The van der Waals surface area contributed by atoms with Gasteiger partial charge in [0.05, 0.1) is 11.8 Å². The number of piperidine rings is 1. The Bertz CT molecular complexity index is 358. The molecule has 16 heavy (non-hydrogen) atoms. The van der Waals surface area contributed by atoms with Gasteiger partial charge >= 0.3 is 0 Å². The van der Waals surface area contributed by atoms with E-state index in [4.69, 9.17) is 11.6 Å². The van der Waals surface area contributed by atoms with Crippen LogP contribution >= 0.6 is 11.6 Å². The van der Waals surface area contributed by atoms with E-state index in [1.807, 2.05) is 0 Å². The van der Waals surface area contributed by atoms with Crippen molar-refractivity contribution in [1.82, 2.24) is 9.80 Å². The van der Waals surface area contributed by atoms with Crippen LogP contribution in [0.1, 0.15) is 6.42 Å². The second kappa shape index (κ2) is 4.05. The lowest BCUT2D eigenvalue weighted by molar-refractivity contribution is -0.138. The van der Waals surface area contributed by atoms with Gasteiger partial charge in [0.25, 0.3) is 0 Å². The van der Waals surface area contributed by atoms with Crippen molar-refractivity contribution in [3.63, 3.8) is 0 Å². The molecule has 5 nitrogen and oxygen atoms in total. The Morgan fingerprint density at radius 2 is 2.00 bits per heavy atom. The van der Waals surface area contributed by atoms with Crippen LogP contribution in [0.5, 0.6) is 0 Å². The first-order valence-electron chi connectivity index (χ1n) is 5.21. The molecule has 2 aliphatic rings. The molecule has 0 radical (unpaired) electrons. The molecule has 0 N–H and O–H groups in total. The monoisotopic (exact) mass is 244 g/mol. The van der Waals surface area contributed by atoms with Gasteiger partial charge in [0.1, 0.15) is 5.88 Å². The van der Waals surface area contributed by atoms with Gasteiger partial charge in [0, 0.05) is 20.1 Å². The number of fused-ring (bicyclic) bond motifs is 1. The molecular formula is C10H13ClN2O3. The maximum Gasteiger partial charge on any atom is 0.237 e. The molecule has 6 heteroatoms. The van der Waals surface area contributed by atoms with E-state index in [1.54, 1.807) is 4.90 Å². The van der Waals surface area contributed by atoms with Crippen LogP contribution in [0.15, 0.2) is 0 Å². The summed E-state index contributed by atoms with van der Waals surface area (Å²) in [4.78, 5) is 37.6. The molecule has 0 aromatic carbocycles. The molecule has 0 aromatic heterocycles. The van der Waals surface area contributed by atoms with Gasteiger partial charge in [-0.1, -0.05) is 0 Å². The Morgan fingerprint density at radius 3 is 2.62 bits per heavy atom. The summed E-state index contributed by atoms with van der Waals surface area (Å²) in [6, 6.07) is 0. The van der Waals surface area contributed by atoms with Gasteiger partial charge in [-0.15, -0.1) is 11.6 Å². The van der Waals surface area contributed by atoms with Gasteiger partial charge in [-0.3, -0.25) is 19.3 Å². The number of hydrogen-bond donors (Lipinski definition) is 0. The van der Waals surface area contributed by atoms with Crippen molar-refractivity contribution in [3.05, 3.63) is 0 Å². The summed E-state index contributed by atoms with van der Waals surface area (Å²) < 4.78 is 0. The normalized spacial score (nSPS) is 29.6. The molecule has 2 rings (SSSR count). The van der Waals surface area contributed by atoms with E-state index < -0.39 is 0 Å². The summed E-state index contributed by atoms with van der Waals surface area (Å²) in [5.74, 6) is -1.14. The average Bonchev–Trinajstić information content (AvgIpc) is 2.53. The van der Waals surface area contributed by atoms with Crippen molar-refractivity contribution in [2.75, 3.05) is 26.0 Å². The molecule has 0 spiro atoms. The number of carbonyl (C=O) groups is 3. The van der Waals surface area contributed by atoms with Gasteiger partial charge in [0.2, 0.25) is 17.7 Å². The number of alkyl halides is 1.